The maximum absolute atomic E-state index is 12.1. The van der Waals surface area contributed by atoms with Gasteiger partial charge in [0.2, 0.25) is 5.91 Å². The number of carbonyl (C=O) groups is 1. The number of ether oxygens (including phenoxy) is 1. The van der Waals surface area contributed by atoms with Crippen molar-refractivity contribution in [2.24, 2.45) is 5.73 Å². The molecule has 1 aromatic carbocycles. The van der Waals surface area contributed by atoms with E-state index in [1.54, 1.807) is 0 Å². The number of amides is 1. The van der Waals surface area contributed by atoms with Crippen molar-refractivity contribution >= 4 is 5.91 Å². The molecule has 0 spiro atoms. The van der Waals surface area contributed by atoms with E-state index in [0.29, 0.717) is 13.1 Å². The maximum atomic E-state index is 12.1. The van der Waals surface area contributed by atoms with Gasteiger partial charge >= 0.3 is 0 Å². The second-order valence-corrected chi connectivity index (χ2v) is 6.03. The van der Waals surface area contributed by atoms with E-state index < -0.39 is 0 Å². The molecule has 110 valence electrons. The van der Waals surface area contributed by atoms with Crippen molar-refractivity contribution in [3.05, 3.63) is 35.9 Å². The van der Waals surface area contributed by atoms with Gasteiger partial charge in [0.1, 0.15) is 6.10 Å². The van der Waals surface area contributed by atoms with Crippen molar-refractivity contribution in [3.8, 4) is 0 Å². The van der Waals surface area contributed by atoms with Gasteiger partial charge in [0, 0.05) is 18.5 Å². The molecule has 3 N–H and O–H groups in total. The molecule has 1 fully saturated rings. The van der Waals surface area contributed by atoms with Crippen LogP contribution in [-0.2, 0) is 14.9 Å². The SMILES string of the molecule is CC(C)(CNC(=O)C1CCC(CN)O1)c1ccccc1. The summed E-state index contributed by atoms with van der Waals surface area (Å²) in [5.41, 5.74) is 6.68. The minimum Gasteiger partial charge on any atom is -0.364 e. The van der Waals surface area contributed by atoms with E-state index in [1.165, 1.54) is 5.56 Å². The molecule has 0 aliphatic carbocycles. The predicted molar refractivity (Wildman–Crippen MR) is 79.4 cm³/mol. The zero-order chi connectivity index (χ0) is 14.6. The summed E-state index contributed by atoms with van der Waals surface area (Å²) in [6, 6.07) is 10.2. The molecule has 1 amide bonds. The molecular formula is C16H24N2O2. The van der Waals surface area contributed by atoms with Crippen LogP contribution in [0.1, 0.15) is 32.3 Å². The first kappa shape index (κ1) is 15.0. The third kappa shape index (κ3) is 3.58. The summed E-state index contributed by atoms with van der Waals surface area (Å²) >= 11 is 0. The van der Waals surface area contributed by atoms with Gasteiger partial charge in [-0.05, 0) is 18.4 Å². The fraction of sp³-hybridized carbons (Fsp3) is 0.562. The molecule has 4 nitrogen and oxygen atoms in total. The molecule has 1 heterocycles. The van der Waals surface area contributed by atoms with Crippen LogP contribution in [0.5, 0.6) is 0 Å². The van der Waals surface area contributed by atoms with Gasteiger partial charge < -0.3 is 15.8 Å². The lowest BCUT2D eigenvalue weighted by molar-refractivity contribution is -0.132. The average Bonchev–Trinajstić information content (AvgIpc) is 2.95. The van der Waals surface area contributed by atoms with Crippen LogP contribution in [0.3, 0.4) is 0 Å². The highest BCUT2D eigenvalue weighted by Crippen LogP contribution is 2.23. The smallest absolute Gasteiger partial charge is 0.249 e. The highest BCUT2D eigenvalue weighted by molar-refractivity contribution is 5.81. The molecule has 1 aliphatic rings. The van der Waals surface area contributed by atoms with Crippen molar-refractivity contribution in [1.82, 2.24) is 5.32 Å². The second kappa shape index (κ2) is 6.37. The summed E-state index contributed by atoms with van der Waals surface area (Å²) in [5.74, 6) is -0.0232. The molecule has 0 saturated carbocycles. The molecule has 2 rings (SSSR count). The van der Waals surface area contributed by atoms with E-state index in [2.05, 4.69) is 31.3 Å². The molecule has 0 aromatic heterocycles. The Morgan fingerprint density at radius 3 is 2.65 bits per heavy atom. The zero-order valence-electron chi connectivity index (χ0n) is 12.3. The van der Waals surface area contributed by atoms with E-state index in [4.69, 9.17) is 10.5 Å². The summed E-state index contributed by atoms with van der Waals surface area (Å²) < 4.78 is 5.61. The number of rotatable bonds is 5. The van der Waals surface area contributed by atoms with E-state index >= 15 is 0 Å². The van der Waals surface area contributed by atoms with Gasteiger partial charge in [0.25, 0.3) is 0 Å². The van der Waals surface area contributed by atoms with Gasteiger partial charge in [-0.15, -0.1) is 0 Å². The number of nitrogens with one attached hydrogen (secondary N) is 1. The van der Waals surface area contributed by atoms with E-state index in [-0.39, 0.29) is 23.5 Å². The summed E-state index contributed by atoms with van der Waals surface area (Å²) in [7, 11) is 0. The minimum absolute atomic E-state index is 0.0232. The first-order valence-electron chi connectivity index (χ1n) is 7.21. The number of benzene rings is 1. The third-order valence-electron chi connectivity index (χ3n) is 3.92. The Balaban J connectivity index is 1.87. The van der Waals surface area contributed by atoms with Crippen LogP contribution in [0.15, 0.2) is 30.3 Å². The predicted octanol–water partition coefficient (Wildman–Crippen LogP) is 1.59. The molecule has 0 bridgehead atoms. The molecule has 0 radical (unpaired) electrons. The van der Waals surface area contributed by atoms with Gasteiger partial charge in [-0.3, -0.25) is 4.79 Å². The number of carbonyl (C=O) groups excluding carboxylic acids is 1. The topological polar surface area (TPSA) is 64.4 Å². The highest BCUT2D eigenvalue weighted by Gasteiger charge is 2.31. The van der Waals surface area contributed by atoms with Gasteiger partial charge in [0.05, 0.1) is 6.10 Å². The molecule has 1 aromatic rings. The van der Waals surface area contributed by atoms with Gasteiger partial charge in [-0.1, -0.05) is 44.2 Å². The van der Waals surface area contributed by atoms with Crippen molar-refractivity contribution in [1.29, 1.82) is 0 Å². The summed E-state index contributed by atoms with van der Waals surface area (Å²) in [4.78, 5) is 12.1. The molecule has 20 heavy (non-hydrogen) atoms. The Hall–Kier alpha value is -1.39. The first-order chi connectivity index (χ1) is 9.53. The van der Waals surface area contributed by atoms with Gasteiger partial charge in [-0.2, -0.15) is 0 Å². The molecule has 2 atom stereocenters. The second-order valence-electron chi connectivity index (χ2n) is 6.03. The fourth-order valence-corrected chi connectivity index (χ4v) is 2.49. The lowest BCUT2D eigenvalue weighted by atomic mass is 9.84. The van der Waals surface area contributed by atoms with Crippen LogP contribution in [-0.4, -0.2) is 31.2 Å². The summed E-state index contributed by atoms with van der Waals surface area (Å²) in [5, 5.41) is 3.00. The van der Waals surface area contributed by atoms with E-state index in [0.717, 1.165) is 12.8 Å². The summed E-state index contributed by atoms with van der Waals surface area (Å²) in [6.07, 6.45) is 1.33. The van der Waals surface area contributed by atoms with E-state index in [1.807, 2.05) is 18.2 Å². The van der Waals surface area contributed by atoms with Gasteiger partial charge in [-0.25, -0.2) is 0 Å². The maximum Gasteiger partial charge on any atom is 0.249 e. The lowest BCUT2D eigenvalue weighted by Gasteiger charge is -2.26. The van der Waals surface area contributed by atoms with Crippen LogP contribution >= 0.6 is 0 Å². The Bertz CT molecular complexity index is 445. The van der Waals surface area contributed by atoms with Crippen molar-refractivity contribution in [2.45, 2.75) is 44.3 Å². The van der Waals surface area contributed by atoms with Gasteiger partial charge in [0.15, 0.2) is 0 Å². The van der Waals surface area contributed by atoms with Crippen molar-refractivity contribution in [2.75, 3.05) is 13.1 Å². The average molecular weight is 276 g/mol. The van der Waals surface area contributed by atoms with Crippen LogP contribution in [0.25, 0.3) is 0 Å². The van der Waals surface area contributed by atoms with Crippen LogP contribution in [0.4, 0.5) is 0 Å². The van der Waals surface area contributed by atoms with Crippen molar-refractivity contribution < 1.29 is 9.53 Å². The van der Waals surface area contributed by atoms with Crippen molar-refractivity contribution in [3.63, 3.8) is 0 Å². The standard InChI is InChI=1S/C16H24N2O2/c1-16(2,12-6-4-3-5-7-12)11-18-15(19)14-9-8-13(10-17)20-14/h3-7,13-14H,8-11,17H2,1-2H3,(H,18,19). The molecule has 4 heteroatoms. The number of nitrogens with two attached hydrogens (primary N) is 1. The zero-order valence-corrected chi connectivity index (χ0v) is 12.3. The van der Waals surface area contributed by atoms with Crippen LogP contribution in [0, 0.1) is 0 Å². The van der Waals surface area contributed by atoms with E-state index in [9.17, 15) is 4.79 Å². The quantitative estimate of drug-likeness (QED) is 0.858. The minimum atomic E-state index is -0.338. The monoisotopic (exact) mass is 276 g/mol. The largest absolute Gasteiger partial charge is 0.364 e. The Morgan fingerprint density at radius 1 is 1.35 bits per heavy atom. The normalized spacial score (nSPS) is 22.8. The third-order valence-corrected chi connectivity index (χ3v) is 3.92. The molecule has 1 saturated heterocycles. The highest BCUT2D eigenvalue weighted by atomic mass is 16.5. The Kier molecular flexibility index (Phi) is 4.78. The number of hydrogen-bond acceptors (Lipinski definition) is 3. The number of hydrogen-bond donors (Lipinski definition) is 2. The Morgan fingerprint density at radius 2 is 2.05 bits per heavy atom. The fourth-order valence-electron chi connectivity index (χ4n) is 2.49. The first-order valence-corrected chi connectivity index (χ1v) is 7.21. The lowest BCUT2D eigenvalue weighted by Crippen LogP contribution is -2.42. The Labute approximate surface area is 120 Å². The molecule has 2 unspecified atom stereocenters. The van der Waals surface area contributed by atoms with Crippen LogP contribution in [0.2, 0.25) is 0 Å². The molecule has 1 aliphatic heterocycles. The summed E-state index contributed by atoms with van der Waals surface area (Å²) in [6.45, 7) is 5.34. The van der Waals surface area contributed by atoms with Crippen LogP contribution < -0.4 is 11.1 Å². The molecular weight excluding hydrogens is 252 g/mol.